The van der Waals surface area contributed by atoms with Crippen molar-refractivity contribution in [2.24, 2.45) is 5.10 Å². The highest BCUT2D eigenvalue weighted by atomic mass is 16.5. The molecule has 2 N–H and O–H groups in total. The maximum Gasteiger partial charge on any atom is 0.277 e. The molecule has 5 nitrogen and oxygen atoms in total. The van der Waals surface area contributed by atoms with Crippen molar-refractivity contribution in [2.45, 2.75) is 33.1 Å². The summed E-state index contributed by atoms with van der Waals surface area (Å²) in [6.07, 6.45) is 2.48. The third kappa shape index (κ3) is 5.35. The summed E-state index contributed by atoms with van der Waals surface area (Å²) >= 11 is 0. The van der Waals surface area contributed by atoms with E-state index in [1.165, 1.54) is 11.8 Å². The number of aromatic hydroxyl groups is 1. The minimum Gasteiger partial charge on any atom is -0.507 e. The van der Waals surface area contributed by atoms with Crippen LogP contribution in [0.5, 0.6) is 11.5 Å². The molecular weight excluding hydrogens is 316 g/mol. The highest BCUT2D eigenvalue weighted by molar-refractivity contribution is 5.85. The molecule has 2 aromatic carbocycles. The second-order valence-corrected chi connectivity index (χ2v) is 5.97. The van der Waals surface area contributed by atoms with Crippen LogP contribution in [0.3, 0.4) is 0 Å². The number of para-hydroxylation sites is 1. The van der Waals surface area contributed by atoms with Crippen LogP contribution in [-0.4, -0.2) is 23.8 Å². The summed E-state index contributed by atoms with van der Waals surface area (Å²) in [5, 5.41) is 13.7. The fourth-order valence-corrected chi connectivity index (χ4v) is 2.27. The van der Waals surface area contributed by atoms with Crippen LogP contribution in [0.1, 0.15) is 42.9 Å². The van der Waals surface area contributed by atoms with E-state index in [0.29, 0.717) is 17.2 Å². The predicted octanol–water partition coefficient (Wildman–Crippen LogP) is 3.74. The number of hydrogen-bond donors (Lipinski definition) is 2. The maximum atomic E-state index is 11.8. The van der Waals surface area contributed by atoms with Gasteiger partial charge in [-0.05, 0) is 48.6 Å². The summed E-state index contributed by atoms with van der Waals surface area (Å²) in [7, 11) is 0. The fourth-order valence-electron chi connectivity index (χ4n) is 2.27. The van der Waals surface area contributed by atoms with Gasteiger partial charge in [-0.3, -0.25) is 4.79 Å². The molecule has 0 spiro atoms. The van der Waals surface area contributed by atoms with Crippen molar-refractivity contribution in [3.05, 3.63) is 59.2 Å². The Hall–Kier alpha value is -2.82. The lowest BCUT2D eigenvalue weighted by molar-refractivity contribution is -0.123. The van der Waals surface area contributed by atoms with Gasteiger partial charge in [-0.1, -0.05) is 38.1 Å². The number of phenols is 1. The van der Waals surface area contributed by atoms with Gasteiger partial charge in [0.1, 0.15) is 11.5 Å². The molecule has 1 amide bonds. The molecule has 2 aromatic rings. The Morgan fingerprint density at radius 2 is 2.00 bits per heavy atom. The molecule has 25 heavy (non-hydrogen) atoms. The van der Waals surface area contributed by atoms with Crippen molar-refractivity contribution in [3.63, 3.8) is 0 Å². The van der Waals surface area contributed by atoms with Crippen molar-refractivity contribution in [2.75, 3.05) is 6.61 Å². The number of nitrogens with zero attached hydrogens (tertiary/aromatic N) is 1. The Morgan fingerprint density at radius 3 is 2.68 bits per heavy atom. The van der Waals surface area contributed by atoms with Gasteiger partial charge >= 0.3 is 0 Å². The Labute approximate surface area is 148 Å². The molecule has 0 aliphatic heterocycles. The van der Waals surface area contributed by atoms with Crippen molar-refractivity contribution in [1.29, 1.82) is 0 Å². The molecule has 0 fully saturated rings. The third-order valence-electron chi connectivity index (χ3n) is 4.09. The van der Waals surface area contributed by atoms with Gasteiger partial charge in [-0.2, -0.15) is 5.10 Å². The van der Waals surface area contributed by atoms with E-state index < -0.39 is 0 Å². The van der Waals surface area contributed by atoms with Gasteiger partial charge in [0.2, 0.25) is 0 Å². The molecule has 0 saturated heterocycles. The van der Waals surface area contributed by atoms with E-state index in [1.54, 1.807) is 19.1 Å². The van der Waals surface area contributed by atoms with Crippen molar-refractivity contribution < 1.29 is 14.6 Å². The van der Waals surface area contributed by atoms with Gasteiger partial charge in [0, 0.05) is 5.56 Å². The zero-order chi connectivity index (χ0) is 18.2. The van der Waals surface area contributed by atoms with Crippen molar-refractivity contribution in [3.8, 4) is 11.5 Å². The lowest BCUT2D eigenvalue weighted by atomic mass is 9.99. The minimum absolute atomic E-state index is 0.125. The third-order valence-corrected chi connectivity index (χ3v) is 4.09. The standard InChI is InChI=1S/C20H24N2O3/c1-4-14(2)16-8-10-18(11-9-16)25-13-19(23)22-21-12-17-7-5-6-15(3)20(17)24/h5-12,14,24H,4,13H2,1-3H3,(H,22,23). The Bertz CT molecular complexity index is 739. The van der Waals surface area contributed by atoms with Gasteiger partial charge in [0.25, 0.3) is 5.91 Å². The van der Waals surface area contributed by atoms with Gasteiger partial charge < -0.3 is 9.84 Å². The van der Waals surface area contributed by atoms with Gasteiger partial charge in [0.15, 0.2) is 6.61 Å². The number of hydrazone groups is 1. The lowest BCUT2D eigenvalue weighted by Crippen LogP contribution is -2.24. The van der Waals surface area contributed by atoms with Crippen LogP contribution in [0.15, 0.2) is 47.6 Å². The van der Waals surface area contributed by atoms with E-state index in [1.807, 2.05) is 30.3 Å². The first-order valence-electron chi connectivity index (χ1n) is 8.34. The van der Waals surface area contributed by atoms with E-state index >= 15 is 0 Å². The average Bonchev–Trinajstić information content (AvgIpc) is 2.63. The van der Waals surface area contributed by atoms with Crippen LogP contribution < -0.4 is 10.2 Å². The molecule has 0 heterocycles. The molecule has 0 aliphatic rings. The second kappa shape index (κ2) is 8.87. The number of carbonyl (C=O) groups excluding carboxylic acids is 1. The number of nitrogens with one attached hydrogen (secondary N) is 1. The number of amides is 1. The van der Waals surface area contributed by atoms with Gasteiger partial charge in [0.05, 0.1) is 6.21 Å². The number of phenolic OH excluding ortho intramolecular Hbond substituents is 1. The highest BCUT2D eigenvalue weighted by Crippen LogP contribution is 2.21. The number of ether oxygens (including phenoxy) is 1. The summed E-state index contributed by atoms with van der Waals surface area (Å²) in [4.78, 5) is 11.8. The monoisotopic (exact) mass is 340 g/mol. The topological polar surface area (TPSA) is 70.9 Å². The Balaban J connectivity index is 1.82. The fraction of sp³-hybridized carbons (Fsp3) is 0.300. The van der Waals surface area contributed by atoms with Crippen LogP contribution in [0.25, 0.3) is 0 Å². The first kappa shape index (κ1) is 18.5. The number of aryl methyl sites for hydroxylation is 1. The van der Waals surface area contributed by atoms with Gasteiger partial charge in [-0.15, -0.1) is 0 Å². The maximum absolute atomic E-state index is 11.8. The number of carbonyl (C=O) groups is 1. The smallest absolute Gasteiger partial charge is 0.277 e. The molecule has 1 atom stereocenters. The van der Waals surface area contributed by atoms with Crippen LogP contribution >= 0.6 is 0 Å². The zero-order valence-electron chi connectivity index (χ0n) is 14.8. The minimum atomic E-state index is -0.366. The van der Waals surface area contributed by atoms with Crippen LogP contribution in [0.2, 0.25) is 0 Å². The summed E-state index contributed by atoms with van der Waals surface area (Å²) in [5.41, 5.74) is 4.93. The number of hydrogen-bond acceptors (Lipinski definition) is 4. The summed E-state index contributed by atoms with van der Waals surface area (Å²) in [5.74, 6) is 0.930. The molecular formula is C20H24N2O3. The number of rotatable bonds is 7. The van der Waals surface area contributed by atoms with E-state index in [2.05, 4.69) is 24.4 Å². The molecule has 0 saturated carbocycles. The Kier molecular flexibility index (Phi) is 6.57. The molecule has 0 aromatic heterocycles. The summed E-state index contributed by atoms with van der Waals surface area (Å²) in [6.45, 7) is 6.00. The number of benzene rings is 2. The molecule has 0 bridgehead atoms. The first-order valence-corrected chi connectivity index (χ1v) is 8.34. The van der Waals surface area contributed by atoms with E-state index in [4.69, 9.17) is 4.74 Å². The molecule has 132 valence electrons. The molecule has 5 heteroatoms. The average molecular weight is 340 g/mol. The van der Waals surface area contributed by atoms with E-state index in [9.17, 15) is 9.90 Å². The Morgan fingerprint density at radius 1 is 1.28 bits per heavy atom. The molecule has 2 rings (SSSR count). The van der Waals surface area contributed by atoms with Gasteiger partial charge in [-0.25, -0.2) is 5.43 Å². The van der Waals surface area contributed by atoms with Crippen molar-refractivity contribution in [1.82, 2.24) is 5.43 Å². The van der Waals surface area contributed by atoms with E-state index in [-0.39, 0.29) is 18.3 Å². The summed E-state index contributed by atoms with van der Waals surface area (Å²) < 4.78 is 5.45. The molecule has 0 radical (unpaired) electrons. The first-order chi connectivity index (χ1) is 12.0. The zero-order valence-corrected chi connectivity index (χ0v) is 14.8. The van der Waals surface area contributed by atoms with Crippen LogP contribution in [0.4, 0.5) is 0 Å². The van der Waals surface area contributed by atoms with E-state index in [0.717, 1.165) is 12.0 Å². The normalized spacial score (nSPS) is 12.1. The second-order valence-electron chi connectivity index (χ2n) is 5.97. The quantitative estimate of drug-likeness (QED) is 0.596. The van der Waals surface area contributed by atoms with Crippen molar-refractivity contribution >= 4 is 12.1 Å². The predicted molar refractivity (Wildman–Crippen MR) is 99.2 cm³/mol. The highest BCUT2D eigenvalue weighted by Gasteiger charge is 2.05. The molecule has 0 aliphatic carbocycles. The van der Waals surface area contributed by atoms with Crippen LogP contribution in [-0.2, 0) is 4.79 Å². The lowest BCUT2D eigenvalue weighted by Gasteiger charge is -2.10. The summed E-state index contributed by atoms with van der Waals surface area (Å²) in [6, 6.07) is 13.1. The SMILES string of the molecule is CCC(C)c1ccc(OCC(=O)NN=Cc2cccc(C)c2O)cc1. The van der Waals surface area contributed by atoms with Crippen LogP contribution in [0, 0.1) is 6.92 Å². The largest absolute Gasteiger partial charge is 0.507 e. The molecule has 1 unspecified atom stereocenters.